The van der Waals surface area contributed by atoms with E-state index >= 15 is 0 Å². The Kier molecular flexibility index (Phi) is 8.22. The van der Waals surface area contributed by atoms with Gasteiger partial charge in [0.2, 0.25) is 0 Å². The third-order valence-electron chi connectivity index (χ3n) is 1.70. The summed E-state index contributed by atoms with van der Waals surface area (Å²) in [5, 5.41) is 0. The van der Waals surface area contributed by atoms with Crippen LogP contribution in [0.3, 0.4) is 0 Å². The highest BCUT2D eigenvalue weighted by atomic mass is 35.5. The Balaban J connectivity index is 0.000000487. The predicted octanol–water partition coefficient (Wildman–Crippen LogP) is 4.43. The fourth-order valence-corrected chi connectivity index (χ4v) is 0.969. The van der Waals surface area contributed by atoms with Crippen LogP contribution in [0.4, 0.5) is 4.39 Å². The van der Waals surface area contributed by atoms with E-state index in [2.05, 4.69) is 0 Å². The molecule has 0 bridgehead atoms. The van der Waals surface area contributed by atoms with Crippen molar-refractivity contribution in [1.29, 1.82) is 0 Å². The molecule has 0 aliphatic rings. The maximum Gasteiger partial charge on any atom is 0.196 e. The summed E-state index contributed by atoms with van der Waals surface area (Å²) in [4.78, 5) is 11.0. The summed E-state index contributed by atoms with van der Waals surface area (Å²) in [6.07, 6.45) is -1.11. The van der Waals surface area contributed by atoms with Crippen LogP contribution >= 0.6 is 23.2 Å². The average Bonchev–Trinajstić information content (AvgIpc) is 2.27. The number of benzene rings is 1. The second kappa shape index (κ2) is 8.54. The highest BCUT2D eigenvalue weighted by Crippen LogP contribution is 2.08. The lowest BCUT2D eigenvalue weighted by Gasteiger charge is -2.02. The first-order valence-corrected chi connectivity index (χ1v) is 5.87. The smallest absolute Gasteiger partial charge is 0.196 e. The Bertz CT molecular complexity index is 298. The molecule has 1 aromatic rings. The number of carbonyl (C=O) groups excluding carboxylic acids is 1. The van der Waals surface area contributed by atoms with Gasteiger partial charge in [0.15, 0.2) is 12.0 Å². The molecule has 0 N–H and O–H groups in total. The van der Waals surface area contributed by atoms with Gasteiger partial charge in [-0.15, -0.1) is 23.2 Å². The van der Waals surface area contributed by atoms with E-state index in [0.717, 1.165) is 0 Å². The molecule has 1 aromatic carbocycles. The van der Waals surface area contributed by atoms with Gasteiger partial charge in [0.05, 0.1) is 0 Å². The summed E-state index contributed by atoms with van der Waals surface area (Å²) >= 11 is 10.1. The van der Waals surface area contributed by atoms with Gasteiger partial charge in [0, 0.05) is 5.56 Å². The van der Waals surface area contributed by atoms with Crippen molar-refractivity contribution in [3.63, 3.8) is 0 Å². The van der Waals surface area contributed by atoms with Crippen LogP contribution < -0.4 is 0 Å². The highest BCUT2D eigenvalue weighted by molar-refractivity contribution is 6.43. The van der Waals surface area contributed by atoms with Crippen molar-refractivity contribution in [3.8, 4) is 0 Å². The molecule has 0 heterocycles. The molecule has 0 radical (unpaired) electrons. The van der Waals surface area contributed by atoms with Gasteiger partial charge in [-0.1, -0.05) is 37.3 Å². The zero-order valence-electron chi connectivity index (χ0n) is 9.29. The molecule has 0 spiro atoms. The zero-order valence-corrected chi connectivity index (χ0v) is 10.8. The lowest BCUT2D eigenvalue weighted by atomic mass is 10.1. The standard InChI is InChI=1S/C10H11FO.C2H4Cl2/c1-2-9(11)10(12)8-6-4-3-5-7-8;1-2(3)4/h3-7,9H,2H2,1H3;2H,1H3. The first kappa shape index (κ1) is 15.4. The molecule has 0 saturated carbocycles. The van der Waals surface area contributed by atoms with Gasteiger partial charge in [-0.05, 0) is 13.3 Å². The molecule has 0 saturated heterocycles. The monoisotopic (exact) mass is 264 g/mol. The van der Waals surface area contributed by atoms with Crippen LogP contribution in [0.25, 0.3) is 0 Å². The minimum absolute atomic E-state index is 0.222. The van der Waals surface area contributed by atoms with E-state index in [0.29, 0.717) is 5.56 Å². The summed E-state index contributed by atoms with van der Waals surface area (Å²) in [6.45, 7) is 3.36. The van der Waals surface area contributed by atoms with Crippen molar-refractivity contribution >= 4 is 29.0 Å². The molecular weight excluding hydrogens is 250 g/mol. The Morgan fingerprint density at radius 3 is 2.12 bits per heavy atom. The molecule has 0 aliphatic carbocycles. The molecule has 1 unspecified atom stereocenters. The number of hydrogen-bond acceptors (Lipinski definition) is 1. The second-order valence-corrected chi connectivity index (χ2v) is 4.66. The molecule has 0 amide bonds. The topological polar surface area (TPSA) is 17.1 Å². The molecule has 0 aliphatic heterocycles. The number of hydrogen-bond donors (Lipinski definition) is 0. The van der Waals surface area contributed by atoms with E-state index in [1.807, 2.05) is 0 Å². The van der Waals surface area contributed by atoms with Crippen molar-refractivity contribution in [1.82, 2.24) is 0 Å². The molecule has 16 heavy (non-hydrogen) atoms. The summed E-state index contributed by atoms with van der Waals surface area (Å²) in [6, 6.07) is 8.52. The molecule has 0 aromatic heterocycles. The first-order valence-electron chi connectivity index (χ1n) is 5.00. The maximum atomic E-state index is 12.9. The third kappa shape index (κ3) is 6.81. The minimum Gasteiger partial charge on any atom is -0.291 e. The Labute approximate surface area is 106 Å². The van der Waals surface area contributed by atoms with Crippen LogP contribution in [-0.2, 0) is 0 Å². The number of rotatable bonds is 3. The van der Waals surface area contributed by atoms with Crippen LogP contribution in [0.1, 0.15) is 30.6 Å². The van der Waals surface area contributed by atoms with Crippen LogP contribution in [0.2, 0.25) is 0 Å². The van der Waals surface area contributed by atoms with Gasteiger partial charge in [-0.25, -0.2) is 4.39 Å². The minimum atomic E-state index is -1.35. The van der Waals surface area contributed by atoms with Crippen molar-refractivity contribution in [2.24, 2.45) is 0 Å². The summed E-state index contributed by atoms with van der Waals surface area (Å²) < 4.78 is 12.9. The number of halogens is 3. The van der Waals surface area contributed by atoms with E-state index < -0.39 is 12.0 Å². The Morgan fingerprint density at radius 1 is 1.31 bits per heavy atom. The molecule has 0 fully saturated rings. The van der Waals surface area contributed by atoms with Gasteiger partial charge < -0.3 is 0 Å². The van der Waals surface area contributed by atoms with E-state index in [1.54, 1.807) is 44.2 Å². The van der Waals surface area contributed by atoms with Crippen molar-refractivity contribution in [2.45, 2.75) is 31.3 Å². The largest absolute Gasteiger partial charge is 0.291 e. The van der Waals surface area contributed by atoms with Gasteiger partial charge in [-0.3, -0.25) is 4.79 Å². The summed E-state index contributed by atoms with van der Waals surface area (Å²) in [5.74, 6) is -0.418. The quantitative estimate of drug-likeness (QED) is 0.583. The average molecular weight is 265 g/mol. The van der Waals surface area contributed by atoms with Gasteiger partial charge in [0.1, 0.15) is 4.84 Å². The SMILES string of the molecule is CC(Cl)Cl.CCC(F)C(=O)c1ccccc1. The molecule has 1 nitrogen and oxygen atoms in total. The molecule has 1 rings (SSSR count). The third-order valence-corrected chi connectivity index (χ3v) is 1.70. The molecule has 90 valence electrons. The van der Waals surface area contributed by atoms with Crippen molar-refractivity contribution < 1.29 is 9.18 Å². The highest BCUT2D eigenvalue weighted by Gasteiger charge is 2.15. The first-order chi connectivity index (χ1) is 7.49. The lowest BCUT2D eigenvalue weighted by Crippen LogP contribution is -2.14. The van der Waals surface area contributed by atoms with Gasteiger partial charge in [-0.2, -0.15) is 0 Å². The van der Waals surface area contributed by atoms with E-state index in [1.165, 1.54) is 0 Å². The molecule has 4 heteroatoms. The number of carbonyl (C=O) groups is 1. The summed E-state index contributed by atoms with van der Waals surface area (Å²) in [7, 11) is 0. The van der Waals surface area contributed by atoms with Crippen molar-refractivity contribution in [2.75, 3.05) is 0 Å². The zero-order chi connectivity index (χ0) is 12.6. The predicted molar refractivity (Wildman–Crippen MR) is 67.1 cm³/mol. The van der Waals surface area contributed by atoms with Gasteiger partial charge >= 0.3 is 0 Å². The van der Waals surface area contributed by atoms with E-state index in [-0.39, 0.29) is 11.3 Å². The van der Waals surface area contributed by atoms with E-state index in [4.69, 9.17) is 23.2 Å². The Hall–Kier alpha value is -0.600. The van der Waals surface area contributed by atoms with Crippen LogP contribution in [-0.4, -0.2) is 16.8 Å². The van der Waals surface area contributed by atoms with Crippen LogP contribution in [0, 0.1) is 0 Å². The molecular formula is C12H15Cl2FO. The number of alkyl halides is 3. The van der Waals surface area contributed by atoms with Crippen molar-refractivity contribution in [3.05, 3.63) is 35.9 Å². The summed E-state index contributed by atoms with van der Waals surface area (Å²) in [5.41, 5.74) is 0.451. The van der Waals surface area contributed by atoms with Crippen LogP contribution in [0.15, 0.2) is 30.3 Å². The normalized spacial score (nSPS) is 11.6. The van der Waals surface area contributed by atoms with Crippen LogP contribution in [0.5, 0.6) is 0 Å². The number of Topliss-reactive ketones (excluding diaryl/α,β-unsaturated/α-hetero) is 1. The second-order valence-electron chi connectivity index (χ2n) is 3.12. The van der Waals surface area contributed by atoms with Gasteiger partial charge in [0.25, 0.3) is 0 Å². The maximum absolute atomic E-state index is 12.9. The number of ketones is 1. The fourth-order valence-electron chi connectivity index (χ4n) is 0.969. The lowest BCUT2D eigenvalue weighted by molar-refractivity contribution is 0.0874. The fraction of sp³-hybridized carbons (Fsp3) is 0.417. The Morgan fingerprint density at radius 2 is 1.75 bits per heavy atom. The molecule has 1 atom stereocenters. The van der Waals surface area contributed by atoms with E-state index in [9.17, 15) is 9.18 Å².